The molecule has 0 saturated carbocycles. The summed E-state index contributed by atoms with van der Waals surface area (Å²) in [5.41, 5.74) is 3.28. The first-order valence-electron chi connectivity index (χ1n) is 9.85. The highest BCUT2D eigenvalue weighted by Crippen LogP contribution is 2.30. The lowest BCUT2D eigenvalue weighted by Crippen LogP contribution is -2.10. The number of para-hydroxylation sites is 2. The van der Waals surface area contributed by atoms with Crippen molar-refractivity contribution < 1.29 is 13.9 Å². The first kappa shape index (κ1) is 19.7. The Morgan fingerprint density at radius 1 is 1.00 bits per heavy atom. The maximum Gasteiger partial charge on any atom is 0.161 e. The van der Waals surface area contributed by atoms with Crippen LogP contribution < -0.4 is 9.47 Å². The summed E-state index contributed by atoms with van der Waals surface area (Å²) in [7, 11) is 1.63. The van der Waals surface area contributed by atoms with Crippen molar-refractivity contribution in [3.05, 3.63) is 84.2 Å². The van der Waals surface area contributed by atoms with Crippen LogP contribution in [0, 0.1) is 5.82 Å². The Labute approximate surface area is 175 Å². The molecular formula is C25H23FN2O2. The second-order valence-corrected chi connectivity index (χ2v) is 6.81. The molecule has 0 saturated heterocycles. The van der Waals surface area contributed by atoms with Crippen molar-refractivity contribution in [3.8, 4) is 22.9 Å². The first-order chi connectivity index (χ1) is 14.7. The molecule has 0 unspecified atom stereocenters. The van der Waals surface area contributed by atoms with E-state index in [0.717, 1.165) is 16.6 Å². The van der Waals surface area contributed by atoms with Gasteiger partial charge < -0.3 is 14.0 Å². The lowest BCUT2D eigenvalue weighted by Gasteiger charge is -2.14. The van der Waals surface area contributed by atoms with E-state index in [4.69, 9.17) is 9.47 Å². The molecule has 0 radical (unpaired) electrons. The number of methoxy groups -OCH3 is 1. The summed E-state index contributed by atoms with van der Waals surface area (Å²) in [5.74, 6) is 1.64. The van der Waals surface area contributed by atoms with Crippen LogP contribution in [0.3, 0.4) is 0 Å². The molecular weight excluding hydrogens is 379 g/mol. The lowest BCUT2D eigenvalue weighted by atomic mass is 10.2. The van der Waals surface area contributed by atoms with Gasteiger partial charge >= 0.3 is 0 Å². The van der Waals surface area contributed by atoms with Gasteiger partial charge in [-0.25, -0.2) is 9.37 Å². The zero-order valence-corrected chi connectivity index (χ0v) is 17.0. The Hall–Kier alpha value is -3.60. The minimum absolute atomic E-state index is 0.295. The summed E-state index contributed by atoms with van der Waals surface area (Å²) in [6, 6.07) is 20.3. The van der Waals surface area contributed by atoms with E-state index in [2.05, 4.69) is 4.98 Å². The van der Waals surface area contributed by atoms with Gasteiger partial charge in [0.25, 0.3) is 0 Å². The topological polar surface area (TPSA) is 36.3 Å². The molecule has 0 spiro atoms. The molecule has 4 rings (SSSR count). The third-order valence-electron chi connectivity index (χ3n) is 4.89. The van der Waals surface area contributed by atoms with Crippen molar-refractivity contribution in [2.75, 3.05) is 13.7 Å². The van der Waals surface area contributed by atoms with Gasteiger partial charge in [0.1, 0.15) is 18.2 Å². The fraction of sp³-hybridized carbons (Fsp3) is 0.160. The van der Waals surface area contributed by atoms with Crippen molar-refractivity contribution in [2.24, 2.45) is 0 Å². The average molecular weight is 402 g/mol. The van der Waals surface area contributed by atoms with Gasteiger partial charge in [0.2, 0.25) is 0 Å². The molecule has 0 bridgehead atoms. The fourth-order valence-corrected chi connectivity index (χ4v) is 3.50. The second-order valence-electron chi connectivity index (χ2n) is 6.81. The number of benzene rings is 3. The van der Waals surface area contributed by atoms with Crippen LogP contribution in [-0.4, -0.2) is 23.3 Å². The van der Waals surface area contributed by atoms with Crippen LogP contribution in [0.1, 0.15) is 12.5 Å². The Balaban J connectivity index is 1.62. The summed E-state index contributed by atoms with van der Waals surface area (Å²) < 4.78 is 27.9. The minimum Gasteiger partial charge on any atom is -0.493 e. The van der Waals surface area contributed by atoms with Crippen molar-refractivity contribution in [1.29, 1.82) is 0 Å². The van der Waals surface area contributed by atoms with Crippen LogP contribution in [0.2, 0.25) is 0 Å². The molecule has 0 N–H and O–H groups in total. The molecule has 4 aromatic rings. The molecule has 0 fully saturated rings. The predicted molar refractivity (Wildman–Crippen MR) is 118 cm³/mol. The van der Waals surface area contributed by atoms with Crippen LogP contribution in [0.5, 0.6) is 11.5 Å². The quantitative estimate of drug-likeness (QED) is 0.382. The second kappa shape index (κ2) is 8.82. The van der Waals surface area contributed by atoms with E-state index in [-0.39, 0.29) is 5.82 Å². The average Bonchev–Trinajstić information content (AvgIpc) is 3.13. The number of fused-ring (bicyclic) bond motifs is 1. The van der Waals surface area contributed by atoms with Crippen LogP contribution in [-0.2, 0) is 6.54 Å². The summed E-state index contributed by atoms with van der Waals surface area (Å²) in [6.45, 7) is 2.88. The van der Waals surface area contributed by atoms with Crippen molar-refractivity contribution in [1.82, 2.24) is 9.55 Å². The Morgan fingerprint density at radius 2 is 1.80 bits per heavy atom. The lowest BCUT2D eigenvalue weighted by molar-refractivity contribution is 0.281. The molecule has 0 aliphatic heterocycles. The Bertz CT molecular complexity index is 1200. The summed E-state index contributed by atoms with van der Waals surface area (Å²) in [6.07, 6.45) is 3.98. The molecule has 0 aliphatic carbocycles. The monoisotopic (exact) mass is 402 g/mol. The largest absolute Gasteiger partial charge is 0.493 e. The van der Waals surface area contributed by atoms with Crippen molar-refractivity contribution >= 4 is 17.1 Å². The molecule has 0 aliphatic rings. The van der Waals surface area contributed by atoms with Crippen LogP contribution in [0.15, 0.2) is 72.8 Å². The van der Waals surface area contributed by atoms with E-state index >= 15 is 0 Å². The van der Waals surface area contributed by atoms with Gasteiger partial charge in [0, 0.05) is 0 Å². The van der Waals surface area contributed by atoms with E-state index < -0.39 is 0 Å². The number of aromatic nitrogens is 2. The van der Waals surface area contributed by atoms with Crippen molar-refractivity contribution in [2.45, 2.75) is 13.5 Å². The third kappa shape index (κ3) is 3.92. The van der Waals surface area contributed by atoms with Gasteiger partial charge in [0.05, 0.1) is 30.3 Å². The number of allylic oxidation sites excluding steroid dienone is 1. The number of hydrogen-bond acceptors (Lipinski definition) is 3. The number of nitrogens with zero attached hydrogens (tertiary/aromatic N) is 2. The van der Waals surface area contributed by atoms with E-state index in [1.165, 1.54) is 6.07 Å². The molecule has 3 aromatic carbocycles. The standard InChI is InChI=1S/C25H23FN2O2/c1-3-8-18-13-14-23(24(17-18)29-2)30-16-15-28-22-12-7-6-11-21(22)27-25(28)19-9-4-5-10-20(19)26/h3-14,17H,15-16H2,1-2H3/b8-3+. The smallest absolute Gasteiger partial charge is 0.161 e. The molecule has 152 valence electrons. The molecule has 0 atom stereocenters. The molecule has 5 heteroatoms. The fourth-order valence-electron chi connectivity index (χ4n) is 3.50. The highest BCUT2D eigenvalue weighted by atomic mass is 19.1. The summed E-state index contributed by atoms with van der Waals surface area (Å²) in [5, 5.41) is 0. The van der Waals surface area contributed by atoms with Gasteiger partial charge in [-0.15, -0.1) is 0 Å². The van der Waals surface area contributed by atoms with Crippen LogP contribution in [0.4, 0.5) is 4.39 Å². The van der Waals surface area contributed by atoms with Gasteiger partial charge in [-0.1, -0.05) is 42.5 Å². The highest BCUT2D eigenvalue weighted by molar-refractivity contribution is 5.80. The van der Waals surface area contributed by atoms with E-state index in [0.29, 0.717) is 36.0 Å². The number of rotatable bonds is 7. The van der Waals surface area contributed by atoms with Crippen molar-refractivity contribution in [3.63, 3.8) is 0 Å². The molecule has 30 heavy (non-hydrogen) atoms. The summed E-state index contributed by atoms with van der Waals surface area (Å²) >= 11 is 0. The summed E-state index contributed by atoms with van der Waals surface area (Å²) in [4.78, 5) is 4.67. The maximum atomic E-state index is 14.5. The van der Waals surface area contributed by atoms with Gasteiger partial charge in [-0.3, -0.25) is 0 Å². The molecule has 0 amide bonds. The Kier molecular flexibility index (Phi) is 5.80. The van der Waals surface area contributed by atoms with E-state index in [1.54, 1.807) is 19.2 Å². The maximum absolute atomic E-state index is 14.5. The Morgan fingerprint density at radius 3 is 2.60 bits per heavy atom. The minimum atomic E-state index is -0.295. The van der Waals surface area contributed by atoms with Gasteiger partial charge in [-0.05, 0) is 48.9 Å². The number of ether oxygens (including phenoxy) is 2. The number of imidazole rings is 1. The molecule has 1 heterocycles. The predicted octanol–water partition coefficient (Wildman–Crippen LogP) is 5.96. The van der Waals surface area contributed by atoms with E-state index in [9.17, 15) is 4.39 Å². The van der Waals surface area contributed by atoms with Crippen LogP contribution in [0.25, 0.3) is 28.5 Å². The number of hydrogen-bond donors (Lipinski definition) is 0. The normalized spacial score (nSPS) is 11.3. The van der Waals surface area contributed by atoms with Gasteiger partial charge in [-0.2, -0.15) is 0 Å². The molecule has 4 nitrogen and oxygen atoms in total. The first-order valence-corrected chi connectivity index (χ1v) is 9.85. The molecule has 1 aromatic heterocycles. The zero-order valence-electron chi connectivity index (χ0n) is 17.0. The highest BCUT2D eigenvalue weighted by Gasteiger charge is 2.15. The van der Waals surface area contributed by atoms with E-state index in [1.807, 2.05) is 72.2 Å². The zero-order chi connectivity index (χ0) is 20.9. The third-order valence-corrected chi connectivity index (χ3v) is 4.89. The van der Waals surface area contributed by atoms with Crippen LogP contribution >= 0.6 is 0 Å². The van der Waals surface area contributed by atoms with Gasteiger partial charge in [0.15, 0.2) is 11.5 Å². The number of halogens is 1. The SMILES string of the molecule is C/C=C/c1ccc(OCCn2c(-c3ccccc3F)nc3ccccc32)c(OC)c1.